The summed E-state index contributed by atoms with van der Waals surface area (Å²) in [5.41, 5.74) is 6.11. The highest BCUT2D eigenvalue weighted by atomic mass is 16.1. The van der Waals surface area contributed by atoms with Gasteiger partial charge in [-0.1, -0.05) is 12.1 Å². The Morgan fingerprint density at radius 2 is 2.03 bits per heavy atom. The van der Waals surface area contributed by atoms with Gasteiger partial charge in [0.25, 0.3) is 5.91 Å². The summed E-state index contributed by atoms with van der Waals surface area (Å²) in [6.07, 6.45) is 7.68. The van der Waals surface area contributed by atoms with E-state index in [-0.39, 0.29) is 11.9 Å². The molecule has 1 amide bonds. The van der Waals surface area contributed by atoms with Crippen LogP contribution in [0.4, 0.5) is 11.5 Å². The molecule has 1 aliphatic carbocycles. The number of amides is 1. The molecule has 3 N–H and O–H groups in total. The Bertz CT molecular complexity index is 1240. The number of aromatic amines is 1. The van der Waals surface area contributed by atoms with E-state index in [1.54, 1.807) is 12.4 Å². The van der Waals surface area contributed by atoms with E-state index < -0.39 is 0 Å². The van der Waals surface area contributed by atoms with Crippen LogP contribution < -0.4 is 10.6 Å². The van der Waals surface area contributed by atoms with Gasteiger partial charge in [-0.25, -0.2) is 9.97 Å². The van der Waals surface area contributed by atoms with Crippen LogP contribution in [0.1, 0.15) is 58.9 Å². The number of nitrogens with one attached hydrogen (secondary N) is 3. The number of anilines is 2. The molecule has 0 saturated heterocycles. The van der Waals surface area contributed by atoms with Crippen molar-refractivity contribution in [2.75, 3.05) is 10.6 Å². The third-order valence-corrected chi connectivity index (χ3v) is 5.62. The van der Waals surface area contributed by atoms with Crippen LogP contribution in [0, 0.1) is 6.92 Å². The summed E-state index contributed by atoms with van der Waals surface area (Å²) in [6.45, 7) is 4.05. The van der Waals surface area contributed by atoms with Gasteiger partial charge in [0, 0.05) is 29.7 Å². The number of aromatic nitrogens is 4. The number of nitrogens with zero attached hydrogens (tertiary/aromatic N) is 3. The smallest absolute Gasteiger partial charge is 0.257 e. The van der Waals surface area contributed by atoms with E-state index in [0.29, 0.717) is 17.3 Å². The van der Waals surface area contributed by atoms with Crippen molar-refractivity contribution in [3.05, 3.63) is 77.4 Å². The Morgan fingerprint density at radius 1 is 1.16 bits per heavy atom. The first-order valence-electron chi connectivity index (χ1n) is 10.5. The van der Waals surface area contributed by atoms with Crippen molar-refractivity contribution in [3.8, 4) is 0 Å². The van der Waals surface area contributed by atoms with Crippen LogP contribution in [0.2, 0.25) is 0 Å². The molecular formula is C24H24N6O. The summed E-state index contributed by atoms with van der Waals surface area (Å²) in [7, 11) is 0. The minimum Gasteiger partial charge on any atom is -0.362 e. The predicted molar refractivity (Wildman–Crippen MR) is 121 cm³/mol. The van der Waals surface area contributed by atoms with Crippen LogP contribution in [0.3, 0.4) is 0 Å². The summed E-state index contributed by atoms with van der Waals surface area (Å²) < 4.78 is 0. The van der Waals surface area contributed by atoms with Crippen molar-refractivity contribution in [2.24, 2.45) is 0 Å². The molecule has 0 unspecified atom stereocenters. The molecular weight excluding hydrogens is 388 g/mol. The molecule has 1 aromatic carbocycles. The summed E-state index contributed by atoms with van der Waals surface area (Å²) >= 11 is 0. The van der Waals surface area contributed by atoms with Crippen LogP contribution in [0.5, 0.6) is 0 Å². The fraction of sp³-hybridized carbons (Fsp3) is 0.250. The van der Waals surface area contributed by atoms with Crippen molar-refractivity contribution in [2.45, 2.75) is 38.6 Å². The molecule has 156 valence electrons. The Morgan fingerprint density at radius 3 is 2.81 bits per heavy atom. The number of benzene rings is 1. The number of H-pyrrole nitrogens is 1. The number of carbonyl (C=O) groups excluding carboxylic acids is 1. The lowest BCUT2D eigenvalue weighted by Gasteiger charge is -2.16. The molecule has 31 heavy (non-hydrogen) atoms. The SMILES string of the molecule is Cc1c[nH]c2ncc(N[C@@H](C)c3cccc(NC(=O)c4ccc(C5CC5)nc4)c3)nc12. The van der Waals surface area contributed by atoms with E-state index in [9.17, 15) is 4.79 Å². The molecule has 7 nitrogen and oxygen atoms in total. The molecule has 3 aromatic heterocycles. The van der Waals surface area contributed by atoms with Gasteiger partial charge in [-0.15, -0.1) is 0 Å². The topological polar surface area (TPSA) is 95.6 Å². The third-order valence-electron chi connectivity index (χ3n) is 5.62. The molecule has 0 aliphatic heterocycles. The highest BCUT2D eigenvalue weighted by Crippen LogP contribution is 2.38. The van der Waals surface area contributed by atoms with Gasteiger partial charge in [-0.2, -0.15) is 0 Å². The van der Waals surface area contributed by atoms with Crippen LogP contribution in [0.25, 0.3) is 11.2 Å². The summed E-state index contributed by atoms with van der Waals surface area (Å²) in [5, 5.41) is 6.36. The van der Waals surface area contributed by atoms with E-state index in [0.717, 1.165) is 33.7 Å². The number of aryl methyl sites for hydroxylation is 1. The second-order valence-corrected chi connectivity index (χ2v) is 8.12. The minimum absolute atomic E-state index is 0.0117. The Hall–Kier alpha value is -3.74. The molecule has 0 bridgehead atoms. The predicted octanol–water partition coefficient (Wildman–Crippen LogP) is 4.96. The lowest BCUT2D eigenvalue weighted by molar-refractivity contribution is 0.102. The normalized spacial score (nSPS) is 14.4. The zero-order chi connectivity index (χ0) is 21.4. The number of rotatable bonds is 6. The van der Waals surface area contributed by atoms with Crippen molar-refractivity contribution < 1.29 is 4.79 Å². The molecule has 0 radical (unpaired) electrons. The van der Waals surface area contributed by atoms with E-state index >= 15 is 0 Å². The second-order valence-electron chi connectivity index (χ2n) is 8.12. The lowest BCUT2D eigenvalue weighted by Crippen LogP contribution is -2.13. The zero-order valence-electron chi connectivity index (χ0n) is 17.5. The molecule has 5 rings (SSSR count). The number of pyridine rings is 1. The fourth-order valence-corrected chi connectivity index (χ4v) is 3.64. The van der Waals surface area contributed by atoms with E-state index in [2.05, 4.69) is 37.5 Å². The zero-order valence-corrected chi connectivity index (χ0v) is 17.5. The Labute approximate surface area is 180 Å². The maximum Gasteiger partial charge on any atom is 0.257 e. The van der Waals surface area contributed by atoms with Crippen LogP contribution in [-0.2, 0) is 0 Å². The largest absolute Gasteiger partial charge is 0.362 e. The van der Waals surface area contributed by atoms with Gasteiger partial charge in [-0.3, -0.25) is 9.78 Å². The molecule has 1 fully saturated rings. The van der Waals surface area contributed by atoms with Gasteiger partial charge in [0.2, 0.25) is 0 Å². The average Bonchev–Trinajstić information content (AvgIpc) is 3.58. The molecule has 4 aromatic rings. The summed E-state index contributed by atoms with van der Waals surface area (Å²) in [5.74, 6) is 1.13. The molecule has 3 heterocycles. The van der Waals surface area contributed by atoms with Crippen LogP contribution in [0.15, 0.2) is 55.0 Å². The third kappa shape index (κ3) is 4.12. The van der Waals surface area contributed by atoms with Gasteiger partial charge in [0.15, 0.2) is 5.65 Å². The molecule has 7 heteroatoms. The summed E-state index contributed by atoms with van der Waals surface area (Å²) in [6, 6.07) is 11.6. The highest BCUT2D eigenvalue weighted by Gasteiger charge is 2.24. The quantitative estimate of drug-likeness (QED) is 0.416. The highest BCUT2D eigenvalue weighted by molar-refractivity contribution is 6.04. The van der Waals surface area contributed by atoms with E-state index in [1.807, 2.05) is 49.5 Å². The monoisotopic (exact) mass is 412 g/mol. The lowest BCUT2D eigenvalue weighted by atomic mass is 10.1. The van der Waals surface area contributed by atoms with Crippen molar-refractivity contribution in [1.82, 2.24) is 19.9 Å². The standard InChI is InChI=1S/C24H24N6O/c1-14-11-26-23-22(14)30-21(13-27-23)28-15(2)17-4-3-5-19(10-17)29-24(31)18-8-9-20(25-12-18)16-6-7-16/h3-5,8-13,15-16H,6-7H2,1-2H3,(H,26,27)(H,28,30)(H,29,31)/t15-/m0/s1. The van der Waals surface area contributed by atoms with Crippen molar-refractivity contribution in [1.29, 1.82) is 0 Å². The maximum atomic E-state index is 12.6. The van der Waals surface area contributed by atoms with E-state index in [4.69, 9.17) is 0 Å². The molecule has 1 aliphatic rings. The minimum atomic E-state index is -0.160. The van der Waals surface area contributed by atoms with Crippen molar-refractivity contribution in [3.63, 3.8) is 0 Å². The Kier molecular flexibility index (Phi) is 4.86. The first-order valence-corrected chi connectivity index (χ1v) is 10.5. The maximum absolute atomic E-state index is 12.6. The summed E-state index contributed by atoms with van der Waals surface area (Å²) in [4.78, 5) is 29.2. The van der Waals surface area contributed by atoms with Gasteiger partial charge >= 0.3 is 0 Å². The first kappa shape index (κ1) is 19.2. The first-order chi connectivity index (χ1) is 15.1. The van der Waals surface area contributed by atoms with Crippen molar-refractivity contribution >= 4 is 28.6 Å². The fourth-order valence-electron chi connectivity index (χ4n) is 3.64. The second kappa shape index (κ2) is 7.83. The molecule has 0 spiro atoms. The molecule has 1 atom stereocenters. The number of carbonyl (C=O) groups is 1. The van der Waals surface area contributed by atoms with Gasteiger partial charge < -0.3 is 15.6 Å². The van der Waals surface area contributed by atoms with Crippen LogP contribution in [-0.4, -0.2) is 25.8 Å². The van der Waals surface area contributed by atoms with Gasteiger partial charge in [-0.05, 0) is 62.1 Å². The average molecular weight is 412 g/mol. The van der Waals surface area contributed by atoms with Crippen LogP contribution >= 0.6 is 0 Å². The molecule has 1 saturated carbocycles. The number of fused-ring (bicyclic) bond motifs is 1. The van der Waals surface area contributed by atoms with Gasteiger partial charge in [0.1, 0.15) is 11.3 Å². The number of hydrogen-bond acceptors (Lipinski definition) is 5. The van der Waals surface area contributed by atoms with E-state index in [1.165, 1.54) is 12.8 Å². The van der Waals surface area contributed by atoms with Gasteiger partial charge in [0.05, 0.1) is 17.8 Å². The Balaban J connectivity index is 1.28. The number of hydrogen-bond donors (Lipinski definition) is 3.